The molecule has 1 heterocycles. The number of hydrogen-bond acceptors (Lipinski definition) is 6. The van der Waals surface area contributed by atoms with Crippen LogP contribution in [-0.2, 0) is 14.2 Å². The van der Waals surface area contributed by atoms with Crippen LogP contribution in [0.5, 0.6) is 0 Å². The molecule has 0 N–H and O–H groups in total. The van der Waals surface area contributed by atoms with E-state index in [1.807, 2.05) is 6.07 Å². The van der Waals surface area contributed by atoms with E-state index < -0.39 is 5.97 Å². The molecule has 6 nitrogen and oxygen atoms in total. The second-order valence-electron chi connectivity index (χ2n) is 5.95. The van der Waals surface area contributed by atoms with E-state index in [1.165, 1.54) is 7.11 Å². The normalized spacial score (nSPS) is 15.6. The molecule has 0 saturated carbocycles. The number of ether oxygens (including phenoxy) is 3. The van der Waals surface area contributed by atoms with E-state index in [-0.39, 0.29) is 6.29 Å². The highest BCUT2D eigenvalue weighted by molar-refractivity contribution is 5.99. The van der Waals surface area contributed by atoms with E-state index in [0.29, 0.717) is 23.3 Å². The Morgan fingerprint density at radius 2 is 1.92 bits per heavy atom. The second kappa shape index (κ2) is 8.80. The van der Waals surface area contributed by atoms with E-state index in [0.717, 1.165) is 38.0 Å². The Morgan fingerprint density at radius 1 is 1.25 bits per heavy atom. The predicted octanol–water partition coefficient (Wildman–Crippen LogP) is 2.51. The van der Waals surface area contributed by atoms with Crippen molar-refractivity contribution in [3.8, 4) is 0 Å². The quantitative estimate of drug-likeness (QED) is 0.433. The molecule has 0 spiro atoms. The van der Waals surface area contributed by atoms with Crippen LogP contribution in [0.2, 0.25) is 0 Å². The van der Waals surface area contributed by atoms with Crippen molar-refractivity contribution < 1.29 is 23.8 Å². The molecule has 24 heavy (non-hydrogen) atoms. The lowest BCUT2D eigenvalue weighted by Gasteiger charge is -2.34. The fourth-order valence-electron chi connectivity index (χ4n) is 3.13. The van der Waals surface area contributed by atoms with Crippen molar-refractivity contribution >= 4 is 17.9 Å². The molecular formula is C18H25NO5. The largest absolute Gasteiger partial charge is 0.465 e. The summed E-state index contributed by atoms with van der Waals surface area (Å²) in [7, 11) is 4.63. The molecule has 132 valence electrons. The van der Waals surface area contributed by atoms with Crippen molar-refractivity contribution in [3.63, 3.8) is 0 Å². The van der Waals surface area contributed by atoms with Crippen molar-refractivity contribution in [1.29, 1.82) is 0 Å². The Balaban J connectivity index is 2.01. The maximum absolute atomic E-state index is 11.7. The summed E-state index contributed by atoms with van der Waals surface area (Å²) in [5.41, 5.74) is 1.62. The number of rotatable bonds is 7. The van der Waals surface area contributed by atoms with Gasteiger partial charge in [0.15, 0.2) is 12.6 Å². The van der Waals surface area contributed by atoms with Gasteiger partial charge in [0.25, 0.3) is 0 Å². The first kappa shape index (κ1) is 18.4. The van der Waals surface area contributed by atoms with Gasteiger partial charge in [-0.1, -0.05) is 0 Å². The molecule has 1 aromatic rings. The molecule has 0 amide bonds. The molecule has 0 atom stereocenters. The lowest BCUT2D eigenvalue weighted by atomic mass is 9.92. The average molecular weight is 335 g/mol. The number of piperidine rings is 1. The summed E-state index contributed by atoms with van der Waals surface area (Å²) in [6.45, 7) is 1.81. The Bertz CT molecular complexity index is 563. The molecule has 0 bridgehead atoms. The third-order valence-corrected chi connectivity index (χ3v) is 4.60. The number of aldehydes is 1. The second-order valence-corrected chi connectivity index (χ2v) is 5.95. The van der Waals surface area contributed by atoms with Crippen molar-refractivity contribution in [2.24, 2.45) is 5.92 Å². The molecule has 0 unspecified atom stereocenters. The van der Waals surface area contributed by atoms with E-state index in [9.17, 15) is 9.59 Å². The number of benzene rings is 1. The summed E-state index contributed by atoms with van der Waals surface area (Å²) in [6, 6.07) is 5.28. The van der Waals surface area contributed by atoms with Crippen LogP contribution < -0.4 is 4.90 Å². The minimum atomic E-state index is -0.493. The Labute approximate surface area is 142 Å². The molecule has 1 aromatic carbocycles. The van der Waals surface area contributed by atoms with Gasteiger partial charge in [0, 0.05) is 45.0 Å². The monoisotopic (exact) mass is 335 g/mol. The molecule has 6 heteroatoms. The van der Waals surface area contributed by atoms with Gasteiger partial charge >= 0.3 is 5.97 Å². The summed E-state index contributed by atoms with van der Waals surface area (Å²) in [4.78, 5) is 25.2. The van der Waals surface area contributed by atoms with Gasteiger partial charge in [-0.05, 0) is 37.0 Å². The minimum absolute atomic E-state index is 0.150. The fourth-order valence-corrected chi connectivity index (χ4v) is 3.13. The van der Waals surface area contributed by atoms with Crippen molar-refractivity contribution in [2.75, 3.05) is 39.3 Å². The van der Waals surface area contributed by atoms with Crippen LogP contribution in [0.3, 0.4) is 0 Å². The van der Waals surface area contributed by atoms with Gasteiger partial charge in [0.2, 0.25) is 0 Å². The lowest BCUT2D eigenvalue weighted by Crippen LogP contribution is -2.35. The Kier molecular flexibility index (Phi) is 6.75. The summed E-state index contributed by atoms with van der Waals surface area (Å²) < 4.78 is 15.2. The van der Waals surface area contributed by atoms with Crippen molar-refractivity contribution in [3.05, 3.63) is 29.3 Å². The van der Waals surface area contributed by atoms with Crippen LogP contribution in [-0.4, -0.2) is 53.0 Å². The van der Waals surface area contributed by atoms with Crippen LogP contribution in [0.4, 0.5) is 5.69 Å². The van der Waals surface area contributed by atoms with Gasteiger partial charge < -0.3 is 19.1 Å². The highest BCUT2D eigenvalue weighted by atomic mass is 16.7. The van der Waals surface area contributed by atoms with Gasteiger partial charge in [0.05, 0.1) is 12.7 Å². The molecule has 0 aromatic heterocycles. The molecule has 1 fully saturated rings. The maximum Gasteiger partial charge on any atom is 0.338 e. The summed E-state index contributed by atoms with van der Waals surface area (Å²) in [6.07, 6.45) is 3.52. The number of esters is 1. The number of carbonyl (C=O) groups is 2. The maximum atomic E-state index is 11.7. The predicted molar refractivity (Wildman–Crippen MR) is 90.5 cm³/mol. The van der Waals surface area contributed by atoms with E-state index >= 15 is 0 Å². The van der Waals surface area contributed by atoms with Crippen LogP contribution >= 0.6 is 0 Å². The van der Waals surface area contributed by atoms with Crippen molar-refractivity contribution in [2.45, 2.75) is 25.6 Å². The summed E-state index contributed by atoms with van der Waals surface area (Å²) in [5.74, 6) is 0.0681. The van der Waals surface area contributed by atoms with Gasteiger partial charge in [0.1, 0.15) is 0 Å². The van der Waals surface area contributed by atoms with Crippen LogP contribution in [0.1, 0.15) is 40.0 Å². The van der Waals surface area contributed by atoms with Crippen LogP contribution in [0.25, 0.3) is 0 Å². The highest BCUT2D eigenvalue weighted by Gasteiger charge is 2.23. The van der Waals surface area contributed by atoms with Gasteiger partial charge in [-0.2, -0.15) is 0 Å². The lowest BCUT2D eigenvalue weighted by molar-refractivity contribution is -0.115. The smallest absolute Gasteiger partial charge is 0.338 e. The first-order valence-electron chi connectivity index (χ1n) is 8.11. The molecular weight excluding hydrogens is 310 g/mol. The Morgan fingerprint density at radius 3 is 2.46 bits per heavy atom. The molecule has 0 aliphatic carbocycles. The number of carbonyl (C=O) groups excluding carboxylic acids is 2. The van der Waals surface area contributed by atoms with Crippen LogP contribution in [0, 0.1) is 5.92 Å². The average Bonchev–Trinajstić information content (AvgIpc) is 2.65. The number of nitrogens with zero attached hydrogens (tertiary/aromatic N) is 1. The zero-order valence-electron chi connectivity index (χ0n) is 14.5. The summed E-state index contributed by atoms with van der Waals surface area (Å²) in [5, 5.41) is 0. The zero-order valence-corrected chi connectivity index (χ0v) is 14.5. The van der Waals surface area contributed by atoms with Gasteiger partial charge in [-0.25, -0.2) is 4.79 Å². The molecule has 1 aliphatic heterocycles. The standard InChI is InChI=1S/C18H25NO5/c1-22-17(23-2)10-13-6-8-19(9-7-13)15-4-5-16(18(21)24-3)14(11-15)12-20/h4-5,11-13,17H,6-10H2,1-3H3. The van der Waals surface area contributed by atoms with E-state index in [4.69, 9.17) is 14.2 Å². The summed E-state index contributed by atoms with van der Waals surface area (Å²) >= 11 is 0. The van der Waals surface area contributed by atoms with Gasteiger partial charge in [-0.15, -0.1) is 0 Å². The number of methoxy groups -OCH3 is 3. The fraction of sp³-hybridized carbons (Fsp3) is 0.556. The SMILES string of the molecule is COC(=O)c1ccc(N2CCC(CC(OC)OC)CC2)cc1C=O. The third kappa shape index (κ3) is 4.33. The minimum Gasteiger partial charge on any atom is -0.465 e. The first-order chi connectivity index (χ1) is 11.6. The molecule has 0 radical (unpaired) electrons. The van der Waals surface area contributed by atoms with Crippen LogP contribution in [0.15, 0.2) is 18.2 Å². The number of anilines is 1. The molecule has 1 saturated heterocycles. The molecule has 1 aliphatic rings. The van der Waals surface area contributed by atoms with Gasteiger partial charge in [-0.3, -0.25) is 4.79 Å². The highest BCUT2D eigenvalue weighted by Crippen LogP contribution is 2.28. The van der Waals surface area contributed by atoms with E-state index in [1.54, 1.807) is 26.4 Å². The molecule has 2 rings (SSSR count). The first-order valence-corrected chi connectivity index (χ1v) is 8.11. The van der Waals surface area contributed by atoms with E-state index in [2.05, 4.69) is 4.90 Å². The zero-order chi connectivity index (χ0) is 17.5. The Hall–Kier alpha value is -1.92. The third-order valence-electron chi connectivity index (χ3n) is 4.60. The van der Waals surface area contributed by atoms with Crippen molar-refractivity contribution in [1.82, 2.24) is 0 Å². The number of hydrogen-bond donors (Lipinski definition) is 0. The topological polar surface area (TPSA) is 65.1 Å².